The molecule has 0 atom stereocenters. The molecule has 0 radical (unpaired) electrons. The molecule has 0 aliphatic heterocycles. The maximum absolute atomic E-state index is 13.2. The predicted molar refractivity (Wildman–Crippen MR) is 70.9 cm³/mol. The highest BCUT2D eigenvalue weighted by Crippen LogP contribution is 2.17. The van der Waals surface area contributed by atoms with Crippen LogP contribution >= 0.6 is 23.2 Å². The van der Waals surface area contributed by atoms with Gasteiger partial charge in [-0.05, 0) is 42.0 Å². The lowest BCUT2D eigenvalue weighted by molar-refractivity contribution is 0.0993. The molecule has 2 rings (SSSR count). The van der Waals surface area contributed by atoms with Crippen LogP contribution in [0.1, 0.15) is 15.9 Å². The lowest BCUT2D eigenvalue weighted by Crippen LogP contribution is -2.03. The second kappa shape index (κ2) is 5.51. The lowest BCUT2D eigenvalue weighted by Gasteiger charge is -2.03. The van der Waals surface area contributed by atoms with Gasteiger partial charge in [-0.3, -0.25) is 4.79 Å². The summed E-state index contributed by atoms with van der Waals surface area (Å²) in [4.78, 5) is 11.9. The number of benzene rings is 2. The van der Waals surface area contributed by atoms with Crippen molar-refractivity contribution in [2.45, 2.75) is 6.42 Å². The van der Waals surface area contributed by atoms with E-state index in [4.69, 9.17) is 23.2 Å². The Morgan fingerprint density at radius 3 is 2.33 bits per heavy atom. The van der Waals surface area contributed by atoms with Crippen molar-refractivity contribution in [2.75, 3.05) is 0 Å². The highest BCUT2D eigenvalue weighted by Gasteiger charge is 2.08. The van der Waals surface area contributed by atoms with Gasteiger partial charge in [0.25, 0.3) is 0 Å². The summed E-state index contributed by atoms with van der Waals surface area (Å²) < 4.78 is 13.2. The van der Waals surface area contributed by atoms with E-state index in [1.807, 2.05) is 0 Å². The van der Waals surface area contributed by atoms with Crippen LogP contribution in [-0.2, 0) is 6.42 Å². The summed E-state index contributed by atoms with van der Waals surface area (Å²) in [5, 5.41) is 0.627. The summed E-state index contributed by atoms with van der Waals surface area (Å²) in [7, 11) is 0. The smallest absolute Gasteiger partial charge is 0.167 e. The standard InChI is InChI=1S/C14H9Cl2FO/c15-11-4-2-10(3-5-11)14(18)8-9-1-6-12(16)13(17)7-9/h1-7H,8H2. The van der Waals surface area contributed by atoms with Crippen LogP contribution < -0.4 is 0 Å². The molecule has 0 N–H and O–H groups in total. The summed E-state index contributed by atoms with van der Waals surface area (Å²) >= 11 is 11.3. The minimum Gasteiger partial charge on any atom is -0.294 e. The zero-order chi connectivity index (χ0) is 13.1. The van der Waals surface area contributed by atoms with Crippen LogP contribution in [0.4, 0.5) is 4.39 Å². The van der Waals surface area contributed by atoms with E-state index in [9.17, 15) is 9.18 Å². The van der Waals surface area contributed by atoms with E-state index in [1.54, 1.807) is 30.3 Å². The Morgan fingerprint density at radius 1 is 1.06 bits per heavy atom. The van der Waals surface area contributed by atoms with E-state index in [0.717, 1.165) is 0 Å². The fourth-order valence-corrected chi connectivity index (χ4v) is 1.82. The van der Waals surface area contributed by atoms with Gasteiger partial charge >= 0.3 is 0 Å². The highest BCUT2D eigenvalue weighted by atomic mass is 35.5. The van der Waals surface area contributed by atoms with Gasteiger partial charge in [-0.15, -0.1) is 0 Å². The average molecular weight is 283 g/mol. The van der Waals surface area contributed by atoms with Crippen molar-refractivity contribution in [2.24, 2.45) is 0 Å². The van der Waals surface area contributed by atoms with Crippen LogP contribution in [-0.4, -0.2) is 5.78 Å². The Kier molecular flexibility index (Phi) is 4.00. The Hall–Kier alpha value is -1.38. The third-order valence-electron chi connectivity index (χ3n) is 2.51. The molecule has 0 aliphatic carbocycles. The first-order chi connectivity index (χ1) is 8.56. The van der Waals surface area contributed by atoms with Crippen molar-refractivity contribution in [3.05, 3.63) is 69.5 Å². The maximum Gasteiger partial charge on any atom is 0.167 e. The van der Waals surface area contributed by atoms with Gasteiger partial charge in [-0.2, -0.15) is 0 Å². The molecule has 0 saturated heterocycles. The van der Waals surface area contributed by atoms with E-state index in [2.05, 4.69) is 0 Å². The molecule has 92 valence electrons. The number of rotatable bonds is 3. The molecule has 0 unspecified atom stereocenters. The first-order valence-electron chi connectivity index (χ1n) is 5.29. The van der Waals surface area contributed by atoms with Gasteiger partial charge in [0.05, 0.1) is 5.02 Å². The molecule has 4 heteroatoms. The Balaban J connectivity index is 2.16. The third kappa shape index (κ3) is 3.09. The van der Waals surface area contributed by atoms with Gasteiger partial charge in [-0.25, -0.2) is 4.39 Å². The molecule has 0 saturated carbocycles. The summed E-state index contributed by atoms with van der Waals surface area (Å²) in [6.45, 7) is 0. The Labute approximate surface area is 114 Å². The number of halogens is 3. The van der Waals surface area contributed by atoms with Crippen molar-refractivity contribution in [3.8, 4) is 0 Å². The minimum absolute atomic E-state index is 0.0534. The summed E-state index contributed by atoms with van der Waals surface area (Å²) in [6, 6.07) is 11.0. The highest BCUT2D eigenvalue weighted by molar-refractivity contribution is 6.31. The first kappa shape index (κ1) is 13.1. The molecule has 0 aromatic heterocycles. The quantitative estimate of drug-likeness (QED) is 0.755. The van der Waals surface area contributed by atoms with Crippen molar-refractivity contribution in [3.63, 3.8) is 0 Å². The van der Waals surface area contributed by atoms with Gasteiger partial charge in [0.2, 0.25) is 0 Å². The molecule has 2 aromatic carbocycles. The lowest BCUT2D eigenvalue weighted by atomic mass is 10.0. The fourth-order valence-electron chi connectivity index (χ4n) is 1.57. The van der Waals surface area contributed by atoms with E-state index in [1.165, 1.54) is 12.1 Å². The van der Waals surface area contributed by atoms with Crippen LogP contribution in [0, 0.1) is 5.82 Å². The van der Waals surface area contributed by atoms with Crippen molar-refractivity contribution in [1.29, 1.82) is 0 Å². The number of carbonyl (C=O) groups excluding carboxylic acids is 1. The average Bonchev–Trinajstić information content (AvgIpc) is 2.34. The maximum atomic E-state index is 13.2. The van der Waals surface area contributed by atoms with Crippen molar-refractivity contribution < 1.29 is 9.18 Å². The Bertz CT molecular complexity index is 579. The topological polar surface area (TPSA) is 17.1 Å². The second-order valence-electron chi connectivity index (χ2n) is 3.86. The summed E-state index contributed by atoms with van der Waals surface area (Å²) in [5.41, 5.74) is 1.15. The SMILES string of the molecule is O=C(Cc1ccc(Cl)c(F)c1)c1ccc(Cl)cc1. The molecule has 0 amide bonds. The molecule has 2 aromatic rings. The van der Waals surface area contributed by atoms with Gasteiger partial charge in [0.1, 0.15) is 5.82 Å². The van der Waals surface area contributed by atoms with E-state index in [0.29, 0.717) is 16.1 Å². The molecule has 18 heavy (non-hydrogen) atoms. The minimum atomic E-state index is -0.516. The molecular weight excluding hydrogens is 274 g/mol. The molecule has 0 aliphatic rings. The fraction of sp³-hybridized carbons (Fsp3) is 0.0714. The van der Waals surface area contributed by atoms with Crippen LogP contribution in [0.25, 0.3) is 0 Å². The predicted octanol–water partition coefficient (Wildman–Crippen LogP) is 4.56. The molecule has 0 spiro atoms. The summed E-state index contributed by atoms with van der Waals surface area (Å²) in [6.07, 6.45) is 0.135. The van der Waals surface area contributed by atoms with Gasteiger partial charge in [0, 0.05) is 17.0 Å². The number of Topliss-reactive ketones (excluding diaryl/α,β-unsaturated/α-hetero) is 1. The van der Waals surface area contributed by atoms with E-state index < -0.39 is 5.82 Å². The van der Waals surface area contributed by atoms with Crippen molar-refractivity contribution in [1.82, 2.24) is 0 Å². The van der Waals surface area contributed by atoms with Crippen LogP contribution in [0.5, 0.6) is 0 Å². The number of hydrogen-bond acceptors (Lipinski definition) is 1. The van der Waals surface area contributed by atoms with Crippen molar-refractivity contribution >= 4 is 29.0 Å². The second-order valence-corrected chi connectivity index (χ2v) is 4.70. The van der Waals surface area contributed by atoms with Crippen LogP contribution in [0.3, 0.4) is 0 Å². The number of hydrogen-bond donors (Lipinski definition) is 0. The van der Waals surface area contributed by atoms with Crippen LogP contribution in [0.2, 0.25) is 10.0 Å². The first-order valence-corrected chi connectivity index (χ1v) is 6.04. The Morgan fingerprint density at radius 2 is 1.72 bits per heavy atom. The molecule has 1 nitrogen and oxygen atoms in total. The third-order valence-corrected chi connectivity index (χ3v) is 3.07. The normalized spacial score (nSPS) is 10.4. The molecular formula is C14H9Cl2FO. The largest absolute Gasteiger partial charge is 0.294 e. The van der Waals surface area contributed by atoms with Gasteiger partial charge in [0.15, 0.2) is 5.78 Å². The van der Waals surface area contributed by atoms with Gasteiger partial charge < -0.3 is 0 Å². The number of carbonyl (C=O) groups is 1. The molecule has 0 bridgehead atoms. The molecule has 0 fully saturated rings. The van der Waals surface area contributed by atoms with E-state index in [-0.39, 0.29) is 17.2 Å². The summed E-state index contributed by atoms with van der Waals surface area (Å²) in [5.74, 6) is -0.605. The van der Waals surface area contributed by atoms with Crippen LogP contribution in [0.15, 0.2) is 42.5 Å². The monoisotopic (exact) mass is 282 g/mol. The van der Waals surface area contributed by atoms with E-state index >= 15 is 0 Å². The van der Waals surface area contributed by atoms with Gasteiger partial charge in [-0.1, -0.05) is 29.3 Å². The zero-order valence-electron chi connectivity index (χ0n) is 9.29. The number of ketones is 1. The molecule has 0 heterocycles. The zero-order valence-corrected chi connectivity index (χ0v) is 10.8.